The van der Waals surface area contributed by atoms with Gasteiger partial charge in [-0.15, -0.1) is 0 Å². The highest BCUT2D eigenvalue weighted by atomic mass is 16.1. The summed E-state index contributed by atoms with van der Waals surface area (Å²) in [6, 6.07) is 10.7. The summed E-state index contributed by atoms with van der Waals surface area (Å²) in [6.45, 7) is 11.1. The quantitative estimate of drug-likeness (QED) is 0.703. The Balaban J connectivity index is 1.43. The number of aromatic nitrogens is 4. The lowest BCUT2D eigenvalue weighted by Gasteiger charge is -2.23. The molecule has 0 aliphatic carbocycles. The summed E-state index contributed by atoms with van der Waals surface area (Å²) in [4.78, 5) is 25.1. The van der Waals surface area contributed by atoms with Crippen molar-refractivity contribution in [2.45, 2.75) is 45.6 Å². The number of aromatic amines is 1. The van der Waals surface area contributed by atoms with Crippen LogP contribution in [0.5, 0.6) is 0 Å². The summed E-state index contributed by atoms with van der Waals surface area (Å²) in [5, 5.41) is 4.96. The molecule has 3 aromatic rings. The van der Waals surface area contributed by atoms with Gasteiger partial charge in [-0.1, -0.05) is 30.3 Å². The molecule has 30 heavy (non-hydrogen) atoms. The van der Waals surface area contributed by atoms with Gasteiger partial charge in [-0.25, -0.2) is 4.68 Å². The van der Waals surface area contributed by atoms with Crippen molar-refractivity contribution in [1.82, 2.24) is 24.6 Å². The number of H-pyrrole nitrogens is 1. The fourth-order valence-corrected chi connectivity index (χ4v) is 4.11. The van der Waals surface area contributed by atoms with E-state index < -0.39 is 0 Å². The van der Waals surface area contributed by atoms with Gasteiger partial charge in [0, 0.05) is 19.6 Å². The lowest BCUT2D eigenvalue weighted by atomic mass is 10.1. The third kappa shape index (κ3) is 4.56. The van der Waals surface area contributed by atoms with Crippen LogP contribution in [0.25, 0.3) is 11.0 Å². The molecular formula is C23H32N6O. The molecule has 0 atom stereocenters. The molecule has 0 bridgehead atoms. The predicted molar refractivity (Wildman–Crippen MR) is 121 cm³/mol. The number of aryl methyl sites for hydroxylation is 1. The Morgan fingerprint density at radius 2 is 1.87 bits per heavy atom. The molecule has 3 heterocycles. The molecule has 0 radical (unpaired) electrons. The summed E-state index contributed by atoms with van der Waals surface area (Å²) >= 11 is 0. The molecule has 1 fully saturated rings. The van der Waals surface area contributed by atoms with Gasteiger partial charge in [-0.05, 0) is 58.7 Å². The Bertz CT molecular complexity index is 1030. The lowest BCUT2D eigenvalue weighted by Crippen LogP contribution is -2.33. The summed E-state index contributed by atoms with van der Waals surface area (Å²) in [7, 11) is 0. The van der Waals surface area contributed by atoms with Crippen molar-refractivity contribution in [3.8, 4) is 0 Å². The fraction of sp³-hybridized carbons (Fsp3) is 0.522. The molecule has 160 valence electrons. The van der Waals surface area contributed by atoms with E-state index in [0.29, 0.717) is 17.0 Å². The highest BCUT2D eigenvalue weighted by Gasteiger charge is 2.22. The zero-order valence-electron chi connectivity index (χ0n) is 18.3. The van der Waals surface area contributed by atoms with Crippen LogP contribution in [0.2, 0.25) is 0 Å². The van der Waals surface area contributed by atoms with Gasteiger partial charge >= 0.3 is 0 Å². The van der Waals surface area contributed by atoms with Crippen molar-refractivity contribution in [3.05, 3.63) is 52.4 Å². The molecule has 0 saturated carbocycles. The largest absolute Gasteiger partial charge is 0.341 e. The Morgan fingerprint density at radius 3 is 2.63 bits per heavy atom. The second kappa shape index (κ2) is 8.60. The van der Waals surface area contributed by atoms with Crippen LogP contribution in [0.1, 0.15) is 39.2 Å². The van der Waals surface area contributed by atoms with E-state index in [1.165, 1.54) is 5.56 Å². The Hall–Kier alpha value is -2.67. The molecular weight excluding hydrogens is 376 g/mol. The van der Waals surface area contributed by atoms with Crippen LogP contribution in [0, 0.1) is 0 Å². The molecule has 0 amide bonds. The number of rotatable bonds is 5. The maximum atomic E-state index is 12.6. The van der Waals surface area contributed by atoms with Crippen molar-refractivity contribution >= 4 is 17.0 Å². The molecule has 7 heteroatoms. The molecule has 1 aliphatic heterocycles. The van der Waals surface area contributed by atoms with Crippen LogP contribution in [0.4, 0.5) is 5.95 Å². The molecule has 1 aliphatic rings. The van der Waals surface area contributed by atoms with Crippen LogP contribution < -0.4 is 10.5 Å². The lowest BCUT2D eigenvalue weighted by molar-refractivity contribution is 0.290. The molecule has 4 rings (SSSR count). The van der Waals surface area contributed by atoms with Crippen LogP contribution in [0.15, 0.2) is 41.3 Å². The maximum absolute atomic E-state index is 12.6. The summed E-state index contributed by atoms with van der Waals surface area (Å²) < 4.78 is 1.84. The van der Waals surface area contributed by atoms with E-state index in [1.807, 2.05) is 4.68 Å². The minimum atomic E-state index is -0.228. The van der Waals surface area contributed by atoms with Gasteiger partial charge in [-0.2, -0.15) is 10.1 Å². The van der Waals surface area contributed by atoms with E-state index >= 15 is 0 Å². The van der Waals surface area contributed by atoms with E-state index in [0.717, 1.165) is 52.0 Å². The van der Waals surface area contributed by atoms with E-state index in [-0.39, 0.29) is 11.1 Å². The number of benzene rings is 1. The maximum Gasteiger partial charge on any atom is 0.263 e. The van der Waals surface area contributed by atoms with Crippen molar-refractivity contribution in [2.24, 2.45) is 0 Å². The highest BCUT2D eigenvalue weighted by molar-refractivity contribution is 5.74. The average Bonchev–Trinajstić information content (AvgIpc) is 3.02. The van der Waals surface area contributed by atoms with E-state index in [2.05, 4.69) is 71.0 Å². The highest BCUT2D eigenvalue weighted by Crippen LogP contribution is 2.20. The van der Waals surface area contributed by atoms with Gasteiger partial charge in [0.1, 0.15) is 5.39 Å². The number of hydrogen-bond donors (Lipinski definition) is 1. The molecule has 0 unspecified atom stereocenters. The smallest absolute Gasteiger partial charge is 0.263 e. The average molecular weight is 409 g/mol. The van der Waals surface area contributed by atoms with Crippen LogP contribution in [-0.4, -0.2) is 57.4 Å². The standard InChI is InChI=1S/C23H32N6O/c1-23(2,3)29-20-19(17-24-29)21(30)26-22(25-20)28-14-8-13-27(15-16-28)12-7-11-18-9-5-4-6-10-18/h4-6,9-10,17H,7-8,11-16H2,1-3H3,(H,25,26,30). The van der Waals surface area contributed by atoms with Crippen molar-refractivity contribution in [3.63, 3.8) is 0 Å². The monoisotopic (exact) mass is 408 g/mol. The third-order valence-corrected chi connectivity index (χ3v) is 5.73. The van der Waals surface area contributed by atoms with Gasteiger partial charge in [0.2, 0.25) is 5.95 Å². The SMILES string of the molecule is CC(C)(C)n1ncc2c(=O)[nH]c(N3CCCN(CCCc4ccccc4)CC3)nc21. The van der Waals surface area contributed by atoms with Gasteiger partial charge in [0.05, 0.1) is 11.7 Å². The van der Waals surface area contributed by atoms with Crippen LogP contribution in [0.3, 0.4) is 0 Å². The minimum Gasteiger partial charge on any atom is -0.341 e. The molecule has 0 spiro atoms. The summed E-state index contributed by atoms with van der Waals surface area (Å²) in [5.41, 5.74) is 1.72. The molecule has 1 saturated heterocycles. The van der Waals surface area contributed by atoms with E-state index in [9.17, 15) is 4.79 Å². The minimum absolute atomic E-state index is 0.116. The van der Waals surface area contributed by atoms with Crippen molar-refractivity contribution < 1.29 is 0 Å². The summed E-state index contributed by atoms with van der Waals surface area (Å²) in [5.74, 6) is 0.657. The Kier molecular flexibility index (Phi) is 5.90. The topological polar surface area (TPSA) is 70.1 Å². The van der Waals surface area contributed by atoms with E-state index in [4.69, 9.17) is 4.98 Å². The van der Waals surface area contributed by atoms with Gasteiger partial charge in [-0.3, -0.25) is 9.78 Å². The van der Waals surface area contributed by atoms with Crippen LogP contribution >= 0.6 is 0 Å². The van der Waals surface area contributed by atoms with Crippen molar-refractivity contribution in [1.29, 1.82) is 0 Å². The zero-order valence-corrected chi connectivity index (χ0v) is 18.3. The number of fused-ring (bicyclic) bond motifs is 1. The van der Waals surface area contributed by atoms with Crippen LogP contribution in [-0.2, 0) is 12.0 Å². The first-order valence-corrected chi connectivity index (χ1v) is 10.9. The number of hydrogen-bond acceptors (Lipinski definition) is 5. The van der Waals surface area contributed by atoms with E-state index in [1.54, 1.807) is 6.20 Å². The fourth-order valence-electron chi connectivity index (χ4n) is 4.11. The molecule has 7 nitrogen and oxygen atoms in total. The third-order valence-electron chi connectivity index (χ3n) is 5.73. The second-order valence-corrected chi connectivity index (χ2v) is 9.13. The summed E-state index contributed by atoms with van der Waals surface area (Å²) in [6.07, 6.45) is 4.96. The Morgan fingerprint density at radius 1 is 1.07 bits per heavy atom. The zero-order chi connectivity index (χ0) is 21.1. The predicted octanol–water partition coefficient (Wildman–Crippen LogP) is 3.02. The van der Waals surface area contributed by atoms with Crippen molar-refractivity contribution in [2.75, 3.05) is 37.6 Å². The van der Waals surface area contributed by atoms with Gasteiger partial charge in [0.25, 0.3) is 5.56 Å². The first-order valence-electron chi connectivity index (χ1n) is 10.9. The molecule has 2 aromatic heterocycles. The number of nitrogens with one attached hydrogen (secondary N) is 1. The first kappa shape index (κ1) is 20.6. The number of anilines is 1. The second-order valence-electron chi connectivity index (χ2n) is 9.13. The Labute approximate surface area is 177 Å². The number of nitrogens with zero attached hydrogens (tertiary/aromatic N) is 5. The molecule has 1 aromatic carbocycles. The normalized spacial score (nSPS) is 16.2. The first-order chi connectivity index (χ1) is 14.4. The molecule has 1 N–H and O–H groups in total. The van der Waals surface area contributed by atoms with Gasteiger partial charge in [0.15, 0.2) is 5.65 Å². The van der Waals surface area contributed by atoms with Gasteiger partial charge < -0.3 is 9.80 Å².